The molecule has 0 radical (unpaired) electrons. The number of nitriles is 1. The number of rotatable bonds is 3. The summed E-state index contributed by atoms with van der Waals surface area (Å²) in [6, 6.07) is 2.32. The van der Waals surface area contributed by atoms with Gasteiger partial charge in [-0.15, -0.1) is 0 Å². The van der Waals surface area contributed by atoms with E-state index in [2.05, 4.69) is 6.07 Å². The average Bonchev–Trinajstić information content (AvgIpc) is 2.52. The third-order valence-electron chi connectivity index (χ3n) is 2.48. The van der Waals surface area contributed by atoms with Gasteiger partial charge in [-0.1, -0.05) is 12.8 Å². The van der Waals surface area contributed by atoms with Crippen LogP contribution in [0.25, 0.3) is 0 Å². The first-order chi connectivity index (χ1) is 5.38. The van der Waals surface area contributed by atoms with Crippen molar-refractivity contribution in [1.29, 1.82) is 5.26 Å². The molecule has 1 rings (SSSR count). The Kier molecular flexibility index (Phi) is 3.38. The third-order valence-corrected chi connectivity index (χ3v) is 2.48. The highest BCUT2D eigenvalue weighted by Crippen LogP contribution is 2.30. The lowest BCUT2D eigenvalue weighted by Gasteiger charge is -2.14. The predicted molar refractivity (Wildman–Crippen MR) is 42.9 cm³/mol. The summed E-state index contributed by atoms with van der Waals surface area (Å²) in [4.78, 5) is 0. The molecule has 1 aliphatic rings. The van der Waals surface area contributed by atoms with Gasteiger partial charge in [-0.25, -0.2) is 0 Å². The summed E-state index contributed by atoms with van der Waals surface area (Å²) in [5.41, 5.74) is 0. The fraction of sp³-hybridized carbons (Fsp3) is 0.889. The van der Waals surface area contributed by atoms with Gasteiger partial charge in [-0.3, -0.25) is 0 Å². The molecule has 0 amide bonds. The Labute approximate surface area is 68.2 Å². The third kappa shape index (κ3) is 2.20. The van der Waals surface area contributed by atoms with Gasteiger partial charge < -0.3 is 4.74 Å². The Balaban J connectivity index is 2.35. The molecule has 1 fully saturated rings. The summed E-state index contributed by atoms with van der Waals surface area (Å²) in [5.74, 6) is 0.752. The van der Waals surface area contributed by atoms with E-state index in [0.29, 0.717) is 12.5 Å². The summed E-state index contributed by atoms with van der Waals surface area (Å²) in [7, 11) is 1.67. The Morgan fingerprint density at radius 2 is 2.18 bits per heavy atom. The second kappa shape index (κ2) is 4.35. The maximum absolute atomic E-state index is 8.79. The van der Waals surface area contributed by atoms with E-state index in [1.165, 1.54) is 25.7 Å². The predicted octanol–water partition coefficient (Wildman–Crippen LogP) is 1.96. The molecule has 1 aliphatic carbocycles. The van der Waals surface area contributed by atoms with Crippen LogP contribution >= 0.6 is 0 Å². The molecule has 0 aromatic rings. The Hall–Kier alpha value is -0.550. The van der Waals surface area contributed by atoms with Crippen LogP contribution in [-0.2, 0) is 4.74 Å². The van der Waals surface area contributed by atoms with Gasteiger partial charge in [-0.05, 0) is 18.8 Å². The molecule has 0 N–H and O–H groups in total. The van der Waals surface area contributed by atoms with Crippen molar-refractivity contribution in [2.75, 3.05) is 13.7 Å². The van der Waals surface area contributed by atoms with Crippen LogP contribution < -0.4 is 0 Å². The van der Waals surface area contributed by atoms with Gasteiger partial charge in [0.05, 0.1) is 18.6 Å². The molecule has 2 heteroatoms. The Bertz CT molecular complexity index is 144. The molecule has 62 valence electrons. The summed E-state index contributed by atoms with van der Waals surface area (Å²) in [6.45, 7) is 0.612. The molecule has 1 saturated carbocycles. The highest BCUT2D eigenvalue weighted by molar-refractivity contribution is 4.89. The number of nitrogens with zero attached hydrogens (tertiary/aromatic N) is 1. The van der Waals surface area contributed by atoms with E-state index in [0.717, 1.165) is 0 Å². The van der Waals surface area contributed by atoms with Gasteiger partial charge in [0.1, 0.15) is 0 Å². The van der Waals surface area contributed by atoms with Crippen LogP contribution in [0.15, 0.2) is 0 Å². The Morgan fingerprint density at radius 3 is 2.64 bits per heavy atom. The van der Waals surface area contributed by atoms with E-state index in [1.807, 2.05) is 0 Å². The second-order valence-electron chi connectivity index (χ2n) is 3.24. The number of methoxy groups -OCH3 is 1. The van der Waals surface area contributed by atoms with E-state index in [4.69, 9.17) is 10.00 Å². The quantitative estimate of drug-likeness (QED) is 0.621. The van der Waals surface area contributed by atoms with Crippen LogP contribution in [0, 0.1) is 23.2 Å². The first kappa shape index (κ1) is 8.55. The highest BCUT2D eigenvalue weighted by atomic mass is 16.5. The molecule has 11 heavy (non-hydrogen) atoms. The van der Waals surface area contributed by atoms with E-state index >= 15 is 0 Å². The van der Waals surface area contributed by atoms with Crippen molar-refractivity contribution >= 4 is 0 Å². The van der Waals surface area contributed by atoms with Crippen LogP contribution in [0.4, 0.5) is 0 Å². The molecule has 1 atom stereocenters. The molecule has 0 spiro atoms. The summed E-state index contributed by atoms with van der Waals surface area (Å²) in [5, 5.41) is 8.79. The van der Waals surface area contributed by atoms with E-state index in [9.17, 15) is 0 Å². The Morgan fingerprint density at radius 1 is 1.55 bits per heavy atom. The standard InChI is InChI=1S/C9H15NO/c1-11-7-9(6-10)8-4-2-3-5-8/h8-9H,2-5,7H2,1H3/t9-/m1/s1. The molecule has 0 heterocycles. The number of hydrogen-bond acceptors (Lipinski definition) is 2. The van der Waals surface area contributed by atoms with Crippen molar-refractivity contribution in [3.8, 4) is 6.07 Å². The molecule has 0 aromatic carbocycles. The van der Waals surface area contributed by atoms with Crippen molar-refractivity contribution < 1.29 is 4.74 Å². The fourth-order valence-corrected chi connectivity index (χ4v) is 1.82. The minimum Gasteiger partial charge on any atom is -0.383 e. The van der Waals surface area contributed by atoms with Crippen molar-refractivity contribution in [2.45, 2.75) is 25.7 Å². The van der Waals surface area contributed by atoms with Gasteiger partial charge in [-0.2, -0.15) is 5.26 Å². The number of hydrogen-bond donors (Lipinski definition) is 0. The SMILES string of the molecule is COC[C@@H](C#N)C1CCCC1. The van der Waals surface area contributed by atoms with E-state index in [1.54, 1.807) is 7.11 Å². The van der Waals surface area contributed by atoms with Gasteiger partial charge >= 0.3 is 0 Å². The van der Waals surface area contributed by atoms with Gasteiger partial charge in [0, 0.05) is 7.11 Å². The average molecular weight is 153 g/mol. The van der Waals surface area contributed by atoms with Crippen molar-refractivity contribution in [3.63, 3.8) is 0 Å². The smallest absolute Gasteiger partial charge is 0.0725 e. The van der Waals surface area contributed by atoms with Crippen molar-refractivity contribution in [3.05, 3.63) is 0 Å². The highest BCUT2D eigenvalue weighted by Gasteiger charge is 2.24. The van der Waals surface area contributed by atoms with Gasteiger partial charge in [0.25, 0.3) is 0 Å². The first-order valence-corrected chi connectivity index (χ1v) is 4.27. The normalized spacial score (nSPS) is 21.5. The van der Waals surface area contributed by atoms with Crippen LogP contribution in [0.1, 0.15) is 25.7 Å². The van der Waals surface area contributed by atoms with Crippen molar-refractivity contribution in [2.24, 2.45) is 11.8 Å². The minimum atomic E-state index is 0.141. The zero-order chi connectivity index (χ0) is 8.10. The lowest BCUT2D eigenvalue weighted by atomic mass is 9.93. The minimum absolute atomic E-state index is 0.141. The van der Waals surface area contributed by atoms with Crippen LogP contribution in [0.3, 0.4) is 0 Å². The number of ether oxygens (including phenoxy) is 1. The molecular weight excluding hydrogens is 138 g/mol. The summed E-state index contributed by atoms with van der Waals surface area (Å²) >= 11 is 0. The topological polar surface area (TPSA) is 33.0 Å². The molecule has 2 nitrogen and oxygen atoms in total. The van der Waals surface area contributed by atoms with E-state index < -0.39 is 0 Å². The summed E-state index contributed by atoms with van der Waals surface area (Å²) < 4.78 is 4.98. The van der Waals surface area contributed by atoms with Crippen molar-refractivity contribution in [1.82, 2.24) is 0 Å². The molecule has 0 aromatic heterocycles. The molecular formula is C9H15NO. The van der Waals surface area contributed by atoms with E-state index in [-0.39, 0.29) is 5.92 Å². The fourth-order valence-electron chi connectivity index (χ4n) is 1.82. The van der Waals surface area contributed by atoms with Crippen LogP contribution in [-0.4, -0.2) is 13.7 Å². The molecule has 0 saturated heterocycles. The largest absolute Gasteiger partial charge is 0.383 e. The zero-order valence-corrected chi connectivity index (χ0v) is 7.05. The molecule has 0 unspecified atom stereocenters. The van der Waals surface area contributed by atoms with Gasteiger partial charge in [0.2, 0.25) is 0 Å². The lowest BCUT2D eigenvalue weighted by Crippen LogP contribution is -2.15. The van der Waals surface area contributed by atoms with Crippen LogP contribution in [0.2, 0.25) is 0 Å². The summed E-state index contributed by atoms with van der Waals surface area (Å²) in [6.07, 6.45) is 5.04. The lowest BCUT2D eigenvalue weighted by molar-refractivity contribution is 0.147. The second-order valence-corrected chi connectivity index (χ2v) is 3.24. The maximum Gasteiger partial charge on any atom is 0.0725 e. The maximum atomic E-state index is 8.79. The molecule has 0 bridgehead atoms. The first-order valence-electron chi connectivity index (χ1n) is 4.27. The van der Waals surface area contributed by atoms with Gasteiger partial charge in [0.15, 0.2) is 0 Å². The van der Waals surface area contributed by atoms with Crippen LogP contribution in [0.5, 0.6) is 0 Å². The monoisotopic (exact) mass is 153 g/mol. The molecule has 0 aliphatic heterocycles. The zero-order valence-electron chi connectivity index (χ0n) is 7.05.